The van der Waals surface area contributed by atoms with Crippen LogP contribution in [0.3, 0.4) is 0 Å². The summed E-state index contributed by atoms with van der Waals surface area (Å²) in [5.74, 6) is 0. The minimum absolute atomic E-state index is 0.348. The molecule has 0 aliphatic rings. The van der Waals surface area contributed by atoms with E-state index in [1.807, 2.05) is 30.3 Å². The van der Waals surface area contributed by atoms with Gasteiger partial charge in [0, 0.05) is 16.5 Å². The molecule has 0 spiro atoms. The summed E-state index contributed by atoms with van der Waals surface area (Å²) in [6.07, 6.45) is 0. The summed E-state index contributed by atoms with van der Waals surface area (Å²) in [5.41, 5.74) is 2.05. The molecule has 3 aromatic rings. The summed E-state index contributed by atoms with van der Waals surface area (Å²) in [7, 11) is 0. The van der Waals surface area contributed by atoms with Gasteiger partial charge in [-0.15, -0.1) is 0 Å². The van der Waals surface area contributed by atoms with Crippen molar-refractivity contribution >= 4 is 22.6 Å². The zero-order valence-electron chi connectivity index (χ0n) is 9.39. The van der Waals surface area contributed by atoms with Crippen LogP contribution in [0.15, 0.2) is 63.8 Å². The molecule has 3 rings (SSSR count). The average Bonchev–Trinajstić information content (AvgIpc) is 2.38. The molecule has 0 amide bonds. The van der Waals surface area contributed by atoms with Crippen LogP contribution in [0, 0.1) is 0 Å². The highest BCUT2D eigenvalue weighted by Crippen LogP contribution is 2.27. The van der Waals surface area contributed by atoms with E-state index in [9.17, 15) is 4.79 Å². The van der Waals surface area contributed by atoms with E-state index < -0.39 is 0 Å². The molecule has 0 aliphatic heterocycles. The molecule has 0 fully saturated rings. The van der Waals surface area contributed by atoms with Crippen LogP contribution < -0.4 is 5.63 Å². The number of benzene rings is 2. The summed E-state index contributed by atoms with van der Waals surface area (Å²) >= 11 is 5.87. The summed E-state index contributed by atoms with van der Waals surface area (Å²) in [6.45, 7) is 0. The van der Waals surface area contributed by atoms with Crippen molar-refractivity contribution in [1.29, 1.82) is 0 Å². The van der Waals surface area contributed by atoms with E-state index in [1.165, 1.54) is 6.07 Å². The van der Waals surface area contributed by atoms with E-state index in [4.69, 9.17) is 16.0 Å². The van der Waals surface area contributed by atoms with E-state index in [1.54, 1.807) is 18.2 Å². The van der Waals surface area contributed by atoms with E-state index >= 15 is 0 Å². The molecule has 0 unspecified atom stereocenters. The van der Waals surface area contributed by atoms with Gasteiger partial charge in [-0.1, -0.05) is 41.9 Å². The highest BCUT2D eigenvalue weighted by atomic mass is 35.5. The standard InChI is InChI=1S/C15H9ClO2/c16-11-7-5-10(6-8-11)13-9-15(17)18-14-4-2-1-3-12(13)14/h1-9H. The van der Waals surface area contributed by atoms with Crippen molar-refractivity contribution in [2.45, 2.75) is 0 Å². The van der Waals surface area contributed by atoms with Crippen molar-refractivity contribution in [3.63, 3.8) is 0 Å². The molecule has 0 atom stereocenters. The Morgan fingerprint density at radius 1 is 0.944 bits per heavy atom. The van der Waals surface area contributed by atoms with Gasteiger partial charge < -0.3 is 4.42 Å². The zero-order valence-corrected chi connectivity index (χ0v) is 10.1. The molecule has 18 heavy (non-hydrogen) atoms. The first-order valence-electron chi connectivity index (χ1n) is 5.53. The first kappa shape index (κ1) is 11.1. The molecular weight excluding hydrogens is 248 g/mol. The molecule has 0 radical (unpaired) electrons. The summed E-state index contributed by atoms with van der Waals surface area (Å²) < 4.78 is 5.17. The third-order valence-corrected chi connectivity index (χ3v) is 3.06. The van der Waals surface area contributed by atoms with E-state index in [-0.39, 0.29) is 5.63 Å². The Labute approximate surface area is 108 Å². The molecule has 1 aromatic heterocycles. The lowest BCUT2D eigenvalue weighted by molar-refractivity contribution is 0.561. The van der Waals surface area contributed by atoms with Crippen LogP contribution in [0.4, 0.5) is 0 Å². The predicted molar refractivity (Wildman–Crippen MR) is 72.9 cm³/mol. The second-order valence-electron chi connectivity index (χ2n) is 3.98. The maximum atomic E-state index is 11.6. The highest BCUT2D eigenvalue weighted by Gasteiger charge is 2.06. The topological polar surface area (TPSA) is 30.2 Å². The van der Waals surface area contributed by atoms with Crippen LogP contribution in [0.5, 0.6) is 0 Å². The third-order valence-electron chi connectivity index (χ3n) is 2.81. The van der Waals surface area contributed by atoms with Gasteiger partial charge in [0.1, 0.15) is 5.58 Å². The van der Waals surface area contributed by atoms with Gasteiger partial charge in [-0.2, -0.15) is 0 Å². The Hall–Kier alpha value is -2.06. The molecule has 0 N–H and O–H groups in total. The predicted octanol–water partition coefficient (Wildman–Crippen LogP) is 4.11. The van der Waals surface area contributed by atoms with Gasteiger partial charge in [-0.3, -0.25) is 0 Å². The minimum Gasteiger partial charge on any atom is -0.423 e. The number of rotatable bonds is 1. The van der Waals surface area contributed by atoms with Crippen molar-refractivity contribution in [1.82, 2.24) is 0 Å². The van der Waals surface area contributed by atoms with Crippen molar-refractivity contribution < 1.29 is 4.42 Å². The third kappa shape index (κ3) is 1.91. The zero-order chi connectivity index (χ0) is 12.5. The minimum atomic E-state index is -0.348. The summed E-state index contributed by atoms with van der Waals surface area (Å²) in [4.78, 5) is 11.6. The Morgan fingerprint density at radius 2 is 1.67 bits per heavy atom. The molecule has 0 saturated carbocycles. The van der Waals surface area contributed by atoms with Crippen LogP contribution in [0.2, 0.25) is 5.02 Å². The summed E-state index contributed by atoms with van der Waals surface area (Å²) in [6, 6.07) is 16.4. The fourth-order valence-corrected chi connectivity index (χ4v) is 2.11. The van der Waals surface area contributed by atoms with Crippen molar-refractivity contribution in [3.8, 4) is 11.1 Å². The second kappa shape index (κ2) is 4.31. The number of halogens is 1. The normalized spacial score (nSPS) is 10.7. The molecule has 1 heterocycles. The van der Waals surface area contributed by atoms with Crippen molar-refractivity contribution in [3.05, 3.63) is 70.0 Å². The number of hydrogen-bond donors (Lipinski definition) is 0. The fraction of sp³-hybridized carbons (Fsp3) is 0. The van der Waals surface area contributed by atoms with Gasteiger partial charge in [0.25, 0.3) is 0 Å². The van der Waals surface area contributed by atoms with Gasteiger partial charge in [-0.05, 0) is 29.3 Å². The highest BCUT2D eigenvalue weighted by molar-refractivity contribution is 6.30. The maximum Gasteiger partial charge on any atom is 0.336 e. The molecule has 0 saturated heterocycles. The van der Waals surface area contributed by atoms with Gasteiger partial charge in [0.05, 0.1) is 0 Å². The van der Waals surface area contributed by atoms with E-state index in [0.29, 0.717) is 10.6 Å². The average molecular weight is 257 g/mol. The lowest BCUT2D eigenvalue weighted by Crippen LogP contribution is -1.97. The van der Waals surface area contributed by atoms with Crippen LogP contribution in [0.25, 0.3) is 22.1 Å². The number of hydrogen-bond acceptors (Lipinski definition) is 2. The molecular formula is C15H9ClO2. The lowest BCUT2D eigenvalue weighted by Gasteiger charge is -2.05. The number of fused-ring (bicyclic) bond motifs is 1. The monoisotopic (exact) mass is 256 g/mol. The Balaban J connectivity index is 2.34. The van der Waals surface area contributed by atoms with Crippen LogP contribution in [-0.4, -0.2) is 0 Å². The lowest BCUT2D eigenvalue weighted by atomic mass is 10.0. The van der Waals surface area contributed by atoms with Gasteiger partial charge >= 0.3 is 5.63 Å². The van der Waals surface area contributed by atoms with Gasteiger partial charge in [0.15, 0.2) is 0 Å². The quantitative estimate of drug-likeness (QED) is 0.613. The fourth-order valence-electron chi connectivity index (χ4n) is 1.98. The van der Waals surface area contributed by atoms with Crippen LogP contribution in [-0.2, 0) is 0 Å². The largest absolute Gasteiger partial charge is 0.423 e. The first-order chi connectivity index (χ1) is 8.74. The van der Waals surface area contributed by atoms with Gasteiger partial charge in [-0.25, -0.2) is 4.79 Å². The number of para-hydroxylation sites is 1. The summed E-state index contributed by atoms with van der Waals surface area (Å²) in [5, 5.41) is 1.59. The Morgan fingerprint density at radius 3 is 2.44 bits per heavy atom. The molecule has 88 valence electrons. The van der Waals surface area contributed by atoms with E-state index in [2.05, 4.69) is 0 Å². The first-order valence-corrected chi connectivity index (χ1v) is 5.91. The van der Waals surface area contributed by atoms with Crippen molar-refractivity contribution in [2.24, 2.45) is 0 Å². The Kier molecular flexibility index (Phi) is 2.65. The SMILES string of the molecule is O=c1cc(-c2ccc(Cl)cc2)c2ccccc2o1. The van der Waals surface area contributed by atoms with Crippen LogP contribution in [0.1, 0.15) is 0 Å². The van der Waals surface area contributed by atoms with Gasteiger partial charge in [0.2, 0.25) is 0 Å². The Bertz CT molecular complexity index is 757. The van der Waals surface area contributed by atoms with E-state index in [0.717, 1.165) is 16.5 Å². The molecule has 3 heteroatoms. The molecule has 0 bridgehead atoms. The smallest absolute Gasteiger partial charge is 0.336 e. The molecule has 2 nitrogen and oxygen atoms in total. The molecule has 2 aromatic carbocycles. The molecule has 0 aliphatic carbocycles. The second-order valence-corrected chi connectivity index (χ2v) is 4.42. The van der Waals surface area contributed by atoms with Crippen LogP contribution >= 0.6 is 11.6 Å². The maximum absolute atomic E-state index is 11.6. The van der Waals surface area contributed by atoms with Crippen molar-refractivity contribution in [2.75, 3.05) is 0 Å².